The lowest BCUT2D eigenvalue weighted by Gasteiger charge is -1.95. The van der Waals surface area contributed by atoms with Crippen LogP contribution in [0.1, 0.15) is 20.3 Å². The fourth-order valence-electron chi connectivity index (χ4n) is 0.436. The highest BCUT2D eigenvalue weighted by Gasteiger charge is 2.09. The Balaban J connectivity index is 3.69. The standard InChI is InChI=1S/C5H9NO2/c1-3-5(6-8)4(2)7/h5H,3H2,1-2H3. The molecule has 0 heterocycles. The zero-order chi connectivity index (χ0) is 6.57. The van der Waals surface area contributed by atoms with Crippen molar-refractivity contribution in [3.8, 4) is 0 Å². The summed E-state index contributed by atoms with van der Waals surface area (Å²) in [5.41, 5.74) is 0. The number of nitroso groups, excluding NO2 is 1. The summed E-state index contributed by atoms with van der Waals surface area (Å²) in [5.74, 6) is -0.150. The van der Waals surface area contributed by atoms with Gasteiger partial charge in [0.15, 0.2) is 5.78 Å². The maximum atomic E-state index is 10.3. The van der Waals surface area contributed by atoms with E-state index in [1.165, 1.54) is 6.92 Å². The Morgan fingerprint density at radius 2 is 2.25 bits per heavy atom. The van der Waals surface area contributed by atoms with E-state index in [4.69, 9.17) is 0 Å². The average molecular weight is 115 g/mol. The number of rotatable bonds is 3. The number of hydrogen-bond donors (Lipinski definition) is 0. The maximum absolute atomic E-state index is 10.3. The molecule has 0 aromatic heterocycles. The van der Waals surface area contributed by atoms with Gasteiger partial charge in [0.05, 0.1) is 0 Å². The lowest BCUT2D eigenvalue weighted by molar-refractivity contribution is -0.118. The zero-order valence-electron chi connectivity index (χ0n) is 5.05. The van der Waals surface area contributed by atoms with Crippen LogP contribution in [0.25, 0.3) is 0 Å². The smallest absolute Gasteiger partial charge is 0.157 e. The highest BCUT2D eigenvalue weighted by atomic mass is 16.3. The normalized spacial score (nSPS) is 12.8. The Labute approximate surface area is 48.1 Å². The molecule has 0 saturated heterocycles. The maximum Gasteiger partial charge on any atom is 0.157 e. The number of carbonyl (C=O) groups is 1. The molecule has 0 N–H and O–H groups in total. The first-order valence-corrected chi connectivity index (χ1v) is 2.55. The summed E-state index contributed by atoms with van der Waals surface area (Å²) in [5, 5.41) is 2.61. The Bertz CT molecular complexity index is 101. The Hall–Kier alpha value is -0.730. The van der Waals surface area contributed by atoms with E-state index >= 15 is 0 Å². The van der Waals surface area contributed by atoms with Gasteiger partial charge in [0, 0.05) is 0 Å². The molecule has 0 fully saturated rings. The third-order valence-corrected chi connectivity index (χ3v) is 0.983. The van der Waals surface area contributed by atoms with Crippen LogP contribution in [-0.4, -0.2) is 11.8 Å². The van der Waals surface area contributed by atoms with Crippen molar-refractivity contribution in [3.05, 3.63) is 4.91 Å². The molecule has 0 aliphatic rings. The van der Waals surface area contributed by atoms with Crippen LogP contribution >= 0.6 is 0 Å². The summed E-state index contributed by atoms with van der Waals surface area (Å²) in [6.45, 7) is 3.13. The van der Waals surface area contributed by atoms with Crippen LogP contribution in [0, 0.1) is 4.91 Å². The third-order valence-electron chi connectivity index (χ3n) is 0.983. The van der Waals surface area contributed by atoms with E-state index in [-0.39, 0.29) is 5.78 Å². The predicted octanol–water partition coefficient (Wildman–Crippen LogP) is 1.12. The van der Waals surface area contributed by atoms with E-state index in [0.29, 0.717) is 6.42 Å². The van der Waals surface area contributed by atoms with Gasteiger partial charge in [-0.3, -0.25) is 4.79 Å². The van der Waals surface area contributed by atoms with Crippen molar-refractivity contribution in [2.75, 3.05) is 0 Å². The van der Waals surface area contributed by atoms with Crippen LogP contribution in [-0.2, 0) is 4.79 Å². The van der Waals surface area contributed by atoms with E-state index < -0.39 is 6.04 Å². The highest BCUT2D eigenvalue weighted by Crippen LogP contribution is 1.95. The molecule has 0 amide bonds. The van der Waals surface area contributed by atoms with Crippen LogP contribution in [0.3, 0.4) is 0 Å². The van der Waals surface area contributed by atoms with Gasteiger partial charge in [-0.1, -0.05) is 12.1 Å². The van der Waals surface area contributed by atoms with Gasteiger partial charge in [-0.25, -0.2) is 0 Å². The third kappa shape index (κ3) is 1.82. The molecule has 0 aromatic carbocycles. The van der Waals surface area contributed by atoms with Crippen molar-refractivity contribution in [1.82, 2.24) is 0 Å². The van der Waals surface area contributed by atoms with E-state index in [9.17, 15) is 9.70 Å². The molecule has 0 bridgehead atoms. The van der Waals surface area contributed by atoms with Crippen molar-refractivity contribution in [2.24, 2.45) is 5.18 Å². The van der Waals surface area contributed by atoms with Crippen LogP contribution in [0.2, 0.25) is 0 Å². The molecule has 46 valence electrons. The van der Waals surface area contributed by atoms with Crippen LogP contribution in [0.4, 0.5) is 0 Å². The number of nitrogens with zero attached hydrogens (tertiary/aromatic N) is 1. The summed E-state index contributed by atoms with van der Waals surface area (Å²) in [4.78, 5) is 20.0. The Morgan fingerprint density at radius 3 is 2.25 bits per heavy atom. The van der Waals surface area contributed by atoms with Crippen LogP contribution < -0.4 is 0 Å². The first-order chi connectivity index (χ1) is 3.72. The summed E-state index contributed by atoms with van der Waals surface area (Å²) in [6, 6.07) is -0.616. The molecule has 0 rings (SSSR count). The zero-order valence-corrected chi connectivity index (χ0v) is 5.05. The first kappa shape index (κ1) is 7.27. The summed E-state index contributed by atoms with van der Waals surface area (Å²) < 4.78 is 0. The molecule has 0 aliphatic carbocycles. The van der Waals surface area contributed by atoms with Gasteiger partial charge >= 0.3 is 0 Å². The van der Waals surface area contributed by atoms with Gasteiger partial charge < -0.3 is 0 Å². The molecule has 0 aromatic rings. The average Bonchev–Trinajstić information content (AvgIpc) is 1.69. The predicted molar refractivity (Wildman–Crippen MR) is 30.6 cm³/mol. The number of hydrogen-bond acceptors (Lipinski definition) is 3. The summed E-state index contributed by atoms with van der Waals surface area (Å²) in [7, 11) is 0. The highest BCUT2D eigenvalue weighted by molar-refractivity contribution is 5.81. The second kappa shape index (κ2) is 3.29. The molecule has 1 atom stereocenters. The van der Waals surface area contributed by atoms with Crippen molar-refractivity contribution in [3.63, 3.8) is 0 Å². The van der Waals surface area contributed by atoms with Gasteiger partial charge in [-0.15, -0.1) is 0 Å². The Morgan fingerprint density at radius 1 is 1.75 bits per heavy atom. The summed E-state index contributed by atoms with van der Waals surface area (Å²) in [6.07, 6.45) is 0.513. The van der Waals surface area contributed by atoms with E-state index in [0.717, 1.165) is 0 Å². The number of ketones is 1. The molecule has 1 unspecified atom stereocenters. The van der Waals surface area contributed by atoms with Crippen molar-refractivity contribution in [1.29, 1.82) is 0 Å². The van der Waals surface area contributed by atoms with E-state index in [1.54, 1.807) is 6.92 Å². The lowest BCUT2D eigenvalue weighted by Crippen LogP contribution is -2.11. The van der Waals surface area contributed by atoms with E-state index in [1.807, 2.05) is 0 Å². The van der Waals surface area contributed by atoms with Crippen LogP contribution in [0.15, 0.2) is 5.18 Å². The SMILES string of the molecule is CCC(N=O)C(C)=O. The molecular formula is C5H9NO2. The first-order valence-electron chi connectivity index (χ1n) is 2.55. The fourth-order valence-corrected chi connectivity index (χ4v) is 0.436. The van der Waals surface area contributed by atoms with Crippen LogP contribution in [0.5, 0.6) is 0 Å². The monoisotopic (exact) mass is 115 g/mol. The van der Waals surface area contributed by atoms with Gasteiger partial charge in [0.25, 0.3) is 0 Å². The molecule has 0 aliphatic heterocycles. The minimum atomic E-state index is -0.616. The summed E-state index contributed by atoms with van der Waals surface area (Å²) >= 11 is 0. The van der Waals surface area contributed by atoms with Gasteiger partial charge in [-0.05, 0) is 13.3 Å². The molecule has 3 heteroatoms. The molecule has 0 saturated carbocycles. The second-order valence-corrected chi connectivity index (χ2v) is 1.64. The van der Waals surface area contributed by atoms with E-state index in [2.05, 4.69) is 5.18 Å². The topological polar surface area (TPSA) is 46.5 Å². The lowest BCUT2D eigenvalue weighted by atomic mass is 10.2. The van der Waals surface area contributed by atoms with Gasteiger partial charge in [0.2, 0.25) is 0 Å². The number of Topliss-reactive ketones (excluding diaryl/α,β-unsaturated/α-hetero) is 1. The molecule has 8 heavy (non-hydrogen) atoms. The quantitative estimate of drug-likeness (QED) is 0.517. The van der Waals surface area contributed by atoms with Gasteiger partial charge in [-0.2, -0.15) is 4.91 Å². The second-order valence-electron chi connectivity index (χ2n) is 1.64. The Kier molecular flexibility index (Phi) is 2.99. The molecule has 0 spiro atoms. The number of carbonyl (C=O) groups excluding carboxylic acids is 1. The molecule has 3 nitrogen and oxygen atoms in total. The minimum Gasteiger partial charge on any atom is -0.297 e. The van der Waals surface area contributed by atoms with Crippen molar-refractivity contribution < 1.29 is 4.79 Å². The van der Waals surface area contributed by atoms with Crippen molar-refractivity contribution >= 4 is 5.78 Å². The fraction of sp³-hybridized carbons (Fsp3) is 0.800. The minimum absolute atomic E-state index is 0.150. The van der Waals surface area contributed by atoms with Crippen molar-refractivity contribution in [2.45, 2.75) is 26.3 Å². The molecule has 0 radical (unpaired) electrons. The van der Waals surface area contributed by atoms with Gasteiger partial charge in [0.1, 0.15) is 6.04 Å². The largest absolute Gasteiger partial charge is 0.297 e. The molecular weight excluding hydrogens is 106 g/mol.